The first-order valence-electron chi connectivity index (χ1n) is 8.09. The molecule has 1 unspecified atom stereocenters. The molecule has 3 N–H and O–H groups in total. The van der Waals surface area contributed by atoms with Gasteiger partial charge in [-0.05, 0) is 19.1 Å². The van der Waals surface area contributed by atoms with E-state index in [2.05, 4.69) is 15.5 Å². The Morgan fingerprint density at radius 3 is 2.72 bits per heavy atom. The molecule has 2 amide bonds. The van der Waals surface area contributed by atoms with Gasteiger partial charge in [-0.25, -0.2) is 0 Å². The van der Waals surface area contributed by atoms with Gasteiger partial charge in [0.2, 0.25) is 5.91 Å². The molecule has 0 aliphatic carbocycles. The zero-order chi connectivity index (χ0) is 17.8. The molecule has 1 aliphatic heterocycles. The lowest BCUT2D eigenvalue weighted by atomic mass is 10.1. The Morgan fingerprint density at radius 2 is 2.08 bits per heavy atom. The number of nitrogens with one attached hydrogen (secondary N) is 1. The maximum absolute atomic E-state index is 12.4. The summed E-state index contributed by atoms with van der Waals surface area (Å²) in [5.74, 6) is -0.825. The normalized spacial score (nSPS) is 16.6. The van der Waals surface area contributed by atoms with Crippen molar-refractivity contribution in [3.05, 3.63) is 48.3 Å². The van der Waals surface area contributed by atoms with E-state index in [1.807, 2.05) is 43.5 Å². The zero-order valence-electron chi connectivity index (χ0n) is 13.9. The molecule has 1 atom stereocenters. The molecule has 0 saturated heterocycles. The summed E-state index contributed by atoms with van der Waals surface area (Å²) in [5.41, 5.74) is 7.39. The number of nitrogens with zero attached hydrogens (tertiary/aromatic N) is 4. The average Bonchev–Trinajstić information content (AvgIpc) is 3.27. The number of hydrazone groups is 1. The Labute approximate surface area is 145 Å². The highest BCUT2D eigenvalue weighted by Crippen LogP contribution is 2.24. The Bertz CT molecular complexity index is 798. The number of primary amides is 1. The number of amides is 2. The lowest BCUT2D eigenvalue weighted by molar-refractivity contribution is -0.119. The van der Waals surface area contributed by atoms with Crippen LogP contribution in [-0.4, -0.2) is 33.3 Å². The number of para-hydroxylation sites is 1. The number of rotatable bonds is 6. The van der Waals surface area contributed by atoms with E-state index in [1.165, 1.54) is 5.01 Å². The number of aryl methyl sites for hydroxylation is 1. The van der Waals surface area contributed by atoms with Crippen LogP contribution in [0.15, 0.2) is 47.8 Å². The molecule has 8 heteroatoms. The van der Waals surface area contributed by atoms with Crippen LogP contribution in [0, 0.1) is 0 Å². The smallest absolute Gasteiger partial charge is 0.267 e. The highest BCUT2D eigenvalue weighted by Gasteiger charge is 2.34. The molecule has 0 bridgehead atoms. The van der Waals surface area contributed by atoms with Crippen LogP contribution in [0.4, 0.5) is 5.69 Å². The fourth-order valence-electron chi connectivity index (χ4n) is 2.64. The number of aromatic nitrogens is 2. The van der Waals surface area contributed by atoms with Gasteiger partial charge in [-0.2, -0.15) is 10.2 Å². The molecular formula is C17H20N6O2. The number of benzene rings is 1. The van der Waals surface area contributed by atoms with Crippen molar-refractivity contribution in [3.8, 4) is 0 Å². The van der Waals surface area contributed by atoms with E-state index in [0.29, 0.717) is 6.54 Å². The molecule has 0 radical (unpaired) electrons. The number of anilines is 1. The number of hydrogen-bond acceptors (Lipinski definition) is 5. The van der Waals surface area contributed by atoms with Gasteiger partial charge in [0.15, 0.2) is 0 Å². The van der Waals surface area contributed by atoms with E-state index >= 15 is 0 Å². The molecule has 8 nitrogen and oxygen atoms in total. The summed E-state index contributed by atoms with van der Waals surface area (Å²) < 4.78 is 1.79. The summed E-state index contributed by atoms with van der Waals surface area (Å²) in [4.78, 5) is 24.1. The quantitative estimate of drug-likeness (QED) is 0.805. The maximum Gasteiger partial charge on any atom is 0.267 e. The second-order valence-corrected chi connectivity index (χ2v) is 5.74. The lowest BCUT2D eigenvalue weighted by Gasteiger charge is -2.20. The predicted molar refractivity (Wildman–Crippen MR) is 93.7 cm³/mol. The van der Waals surface area contributed by atoms with Crippen molar-refractivity contribution in [2.24, 2.45) is 10.8 Å². The first-order valence-corrected chi connectivity index (χ1v) is 8.09. The van der Waals surface area contributed by atoms with Crippen LogP contribution in [-0.2, 0) is 22.7 Å². The van der Waals surface area contributed by atoms with E-state index in [1.54, 1.807) is 10.9 Å². The maximum atomic E-state index is 12.4. The van der Waals surface area contributed by atoms with Gasteiger partial charge in [0.25, 0.3) is 5.91 Å². The van der Waals surface area contributed by atoms with E-state index < -0.39 is 11.9 Å². The number of hydrogen-bond donors (Lipinski definition) is 2. The fourth-order valence-corrected chi connectivity index (χ4v) is 2.64. The van der Waals surface area contributed by atoms with Crippen LogP contribution < -0.4 is 16.1 Å². The summed E-state index contributed by atoms with van der Waals surface area (Å²) in [6.07, 6.45) is 3.77. The zero-order valence-corrected chi connectivity index (χ0v) is 13.9. The molecule has 130 valence electrons. The Balaban J connectivity index is 1.70. The minimum Gasteiger partial charge on any atom is -0.368 e. The van der Waals surface area contributed by atoms with Gasteiger partial charge in [-0.3, -0.25) is 19.3 Å². The SMILES string of the molecule is CCn1cc(CNC(=O)C2=NN(c3ccccc3)C(C(N)=O)C2)cn1. The highest BCUT2D eigenvalue weighted by molar-refractivity contribution is 6.40. The van der Waals surface area contributed by atoms with E-state index in [-0.39, 0.29) is 18.0 Å². The van der Waals surface area contributed by atoms with Gasteiger partial charge >= 0.3 is 0 Å². The molecule has 0 spiro atoms. The van der Waals surface area contributed by atoms with Crippen LogP contribution in [0.1, 0.15) is 18.9 Å². The molecule has 2 aromatic rings. The molecule has 1 aliphatic rings. The average molecular weight is 340 g/mol. The number of carbonyl (C=O) groups is 2. The van der Waals surface area contributed by atoms with Crippen molar-refractivity contribution in [2.75, 3.05) is 5.01 Å². The number of nitrogens with two attached hydrogens (primary N) is 1. The first kappa shape index (κ1) is 16.7. The van der Waals surface area contributed by atoms with Gasteiger partial charge in [-0.15, -0.1) is 0 Å². The molecule has 2 heterocycles. The molecule has 1 aromatic carbocycles. The van der Waals surface area contributed by atoms with Crippen molar-refractivity contribution in [1.29, 1.82) is 0 Å². The van der Waals surface area contributed by atoms with Crippen molar-refractivity contribution in [1.82, 2.24) is 15.1 Å². The van der Waals surface area contributed by atoms with Crippen LogP contribution >= 0.6 is 0 Å². The first-order chi connectivity index (χ1) is 12.1. The van der Waals surface area contributed by atoms with Gasteiger partial charge < -0.3 is 11.1 Å². The molecule has 25 heavy (non-hydrogen) atoms. The third-order valence-corrected chi connectivity index (χ3v) is 3.99. The van der Waals surface area contributed by atoms with E-state index in [4.69, 9.17) is 5.73 Å². The van der Waals surface area contributed by atoms with E-state index in [0.717, 1.165) is 17.8 Å². The van der Waals surface area contributed by atoms with Gasteiger partial charge in [0.1, 0.15) is 11.8 Å². The summed E-state index contributed by atoms with van der Waals surface area (Å²) in [5, 5.41) is 12.8. The second kappa shape index (κ2) is 7.16. The third-order valence-electron chi connectivity index (χ3n) is 3.99. The molecule has 3 rings (SSSR count). The second-order valence-electron chi connectivity index (χ2n) is 5.74. The minimum absolute atomic E-state index is 0.185. The Morgan fingerprint density at radius 1 is 1.32 bits per heavy atom. The van der Waals surface area contributed by atoms with Crippen LogP contribution in [0.3, 0.4) is 0 Å². The summed E-state index contributed by atoms with van der Waals surface area (Å²) >= 11 is 0. The molecule has 0 saturated carbocycles. The van der Waals surface area contributed by atoms with Gasteiger partial charge in [0, 0.05) is 31.3 Å². The predicted octanol–water partition coefficient (Wildman–Crippen LogP) is 0.639. The van der Waals surface area contributed by atoms with Gasteiger partial charge in [0.05, 0.1) is 11.9 Å². The Kier molecular flexibility index (Phi) is 4.78. The molecule has 0 fully saturated rings. The van der Waals surface area contributed by atoms with Gasteiger partial charge in [-0.1, -0.05) is 18.2 Å². The van der Waals surface area contributed by atoms with E-state index in [9.17, 15) is 9.59 Å². The monoisotopic (exact) mass is 340 g/mol. The summed E-state index contributed by atoms with van der Waals surface area (Å²) in [6, 6.07) is 8.52. The summed E-state index contributed by atoms with van der Waals surface area (Å²) in [7, 11) is 0. The Hall–Kier alpha value is -3.16. The lowest BCUT2D eigenvalue weighted by Crippen LogP contribution is -2.39. The summed E-state index contributed by atoms with van der Waals surface area (Å²) in [6.45, 7) is 3.11. The van der Waals surface area contributed by atoms with Crippen LogP contribution in [0.5, 0.6) is 0 Å². The highest BCUT2D eigenvalue weighted by atomic mass is 16.2. The topological polar surface area (TPSA) is 106 Å². The molecular weight excluding hydrogens is 320 g/mol. The fraction of sp³-hybridized carbons (Fsp3) is 0.294. The van der Waals surface area contributed by atoms with Crippen molar-refractivity contribution < 1.29 is 9.59 Å². The standard InChI is InChI=1S/C17H20N6O2/c1-2-22-11-12(10-20-22)9-19-17(25)14-8-15(16(18)24)23(21-14)13-6-4-3-5-7-13/h3-7,10-11,15H,2,8-9H2,1H3,(H2,18,24)(H,19,25). The molecule has 1 aromatic heterocycles. The van der Waals surface area contributed by atoms with Crippen LogP contribution in [0.2, 0.25) is 0 Å². The number of carbonyl (C=O) groups excluding carboxylic acids is 2. The minimum atomic E-state index is -0.661. The van der Waals surface area contributed by atoms with Crippen LogP contribution in [0.25, 0.3) is 0 Å². The van der Waals surface area contributed by atoms with Crippen molar-refractivity contribution in [3.63, 3.8) is 0 Å². The van der Waals surface area contributed by atoms with Crippen molar-refractivity contribution >= 4 is 23.2 Å². The van der Waals surface area contributed by atoms with Crippen molar-refractivity contribution in [2.45, 2.75) is 32.5 Å². The third kappa shape index (κ3) is 3.68. The largest absolute Gasteiger partial charge is 0.368 e.